The molecular weight excluding hydrogens is 342 g/mol. The molecule has 7 nitrogen and oxygen atoms in total. The number of ether oxygens (including phenoxy) is 1. The number of para-hydroxylation sites is 1. The highest BCUT2D eigenvalue weighted by Crippen LogP contribution is 2.26. The maximum atomic E-state index is 12.2. The second-order valence-corrected chi connectivity index (χ2v) is 6.98. The first kappa shape index (κ1) is 19.4. The van der Waals surface area contributed by atoms with E-state index in [0.717, 1.165) is 44.6 Å². The quantitative estimate of drug-likeness (QED) is 0.732. The predicted molar refractivity (Wildman–Crippen MR) is 103 cm³/mol. The molecule has 1 amide bonds. The van der Waals surface area contributed by atoms with Gasteiger partial charge in [0, 0.05) is 38.2 Å². The highest BCUT2D eigenvalue weighted by atomic mass is 16.5. The number of aromatic nitrogens is 3. The van der Waals surface area contributed by atoms with Gasteiger partial charge in [0.2, 0.25) is 5.91 Å². The van der Waals surface area contributed by atoms with Crippen molar-refractivity contribution in [2.24, 2.45) is 0 Å². The molecule has 27 heavy (non-hydrogen) atoms. The number of hydrogen-bond donors (Lipinski definition) is 1. The van der Waals surface area contributed by atoms with E-state index >= 15 is 0 Å². The summed E-state index contributed by atoms with van der Waals surface area (Å²) in [7, 11) is 0. The Kier molecular flexibility index (Phi) is 7.21. The van der Waals surface area contributed by atoms with Gasteiger partial charge in [-0.05, 0) is 18.9 Å². The summed E-state index contributed by atoms with van der Waals surface area (Å²) in [6.45, 7) is 5.82. The Balaban J connectivity index is 1.49. The van der Waals surface area contributed by atoms with Crippen LogP contribution < -0.4 is 10.1 Å². The molecule has 0 fully saturated rings. The lowest BCUT2D eigenvalue weighted by Gasteiger charge is -2.23. The molecule has 7 heteroatoms. The van der Waals surface area contributed by atoms with Crippen LogP contribution in [0.1, 0.15) is 38.2 Å². The standard InChI is InChI=1S/C20H29N5O2/c1-2-3-7-18-14-24(13-17-6-4-5-8-19(17)27-18)11-9-20(26)22-10-12-25-16-21-15-23-25/h4-6,8,15-16,18H,2-3,7,9-14H2,1H3,(H,22,26)/t18-/m1/s1. The summed E-state index contributed by atoms with van der Waals surface area (Å²) < 4.78 is 7.95. The van der Waals surface area contributed by atoms with Crippen LogP contribution in [0.15, 0.2) is 36.9 Å². The van der Waals surface area contributed by atoms with E-state index in [4.69, 9.17) is 4.74 Å². The summed E-state index contributed by atoms with van der Waals surface area (Å²) in [5, 5.41) is 6.98. The van der Waals surface area contributed by atoms with Crippen molar-refractivity contribution in [1.82, 2.24) is 25.0 Å². The van der Waals surface area contributed by atoms with Gasteiger partial charge < -0.3 is 10.1 Å². The van der Waals surface area contributed by atoms with Gasteiger partial charge in [0.15, 0.2) is 0 Å². The van der Waals surface area contributed by atoms with Crippen molar-refractivity contribution in [3.05, 3.63) is 42.5 Å². The molecule has 0 spiro atoms. The second kappa shape index (κ2) is 10.1. The summed E-state index contributed by atoms with van der Waals surface area (Å²) in [4.78, 5) is 18.4. The van der Waals surface area contributed by atoms with Crippen molar-refractivity contribution in [2.75, 3.05) is 19.6 Å². The molecule has 3 rings (SSSR count). The van der Waals surface area contributed by atoms with Crippen LogP contribution in [0.25, 0.3) is 0 Å². The number of unbranched alkanes of at least 4 members (excludes halogenated alkanes) is 1. The fraction of sp³-hybridized carbons (Fsp3) is 0.550. The topological polar surface area (TPSA) is 72.3 Å². The van der Waals surface area contributed by atoms with E-state index in [2.05, 4.69) is 39.4 Å². The first-order valence-corrected chi connectivity index (χ1v) is 9.80. The smallest absolute Gasteiger partial charge is 0.221 e. The molecule has 0 saturated heterocycles. The van der Waals surface area contributed by atoms with Crippen LogP contribution in [0.5, 0.6) is 5.75 Å². The Morgan fingerprint density at radius 3 is 3.04 bits per heavy atom. The van der Waals surface area contributed by atoms with E-state index in [9.17, 15) is 4.79 Å². The Labute approximate surface area is 160 Å². The molecule has 0 radical (unpaired) electrons. The zero-order chi connectivity index (χ0) is 18.9. The molecule has 0 aliphatic carbocycles. The average molecular weight is 371 g/mol. The number of carbonyl (C=O) groups is 1. The second-order valence-electron chi connectivity index (χ2n) is 6.98. The predicted octanol–water partition coefficient (Wildman–Crippen LogP) is 2.24. The number of benzene rings is 1. The third kappa shape index (κ3) is 6.06. The lowest BCUT2D eigenvalue weighted by atomic mass is 10.1. The summed E-state index contributed by atoms with van der Waals surface area (Å²) in [6.07, 6.45) is 7.18. The Morgan fingerprint density at radius 2 is 2.22 bits per heavy atom. The monoisotopic (exact) mass is 371 g/mol. The van der Waals surface area contributed by atoms with Crippen LogP contribution in [0.2, 0.25) is 0 Å². The van der Waals surface area contributed by atoms with Crippen LogP contribution in [-0.4, -0.2) is 51.3 Å². The normalized spacial score (nSPS) is 17.0. The highest BCUT2D eigenvalue weighted by molar-refractivity contribution is 5.76. The number of fused-ring (bicyclic) bond motifs is 1. The van der Waals surface area contributed by atoms with Crippen molar-refractivity contribution in [1.29, 1.82) is 0 Å². The molecule has 146 valence electrons. The van der Waals surface area contributed by atoms with Crippen LogP contribution >= 0.6 is 0 Å². The fourth-order valence-electron chi connectivity index (χ4n) is 3.32. The molecule has 1 N–H and O–H groups in total. The lowest BCUT2D eigenvalue weighted by Crippen LogP contribution is -2.36. The molecule has 1 atom stereocenters. The summed E-state index contributed by atoms with van der Waals surface area (Å²) >= 11 is 0. The van der Waals surface area contributed by atoms with Gasteiger partial charge in [0.1, 0.15) is 24.5 Å². The van der Waals surface area contributed by atoms with Gasteiger partial charge in [0.05, 0.1) is 6.54 Å². The average Bonchev–Trinajstić information content (AvgIpc) is 3.12. The molecule has 1 aliphatic heterocycles. The van der Waals surface area contributed by atoms with Gasteiger partial charge >= 0.3 is 0 Å². The fourth-order valence-corrected chi connectivity index (χ4v) is 3.32. The van der Waals surface area contributed by atoms with E-state index in [1.165, 1.54) is 11.9 Å². The third-order valence-electron chi connectivity index (χ3n) is 4.79. The van der Waals surface area contributed by atoms with E-state index in [-0.39, 0.29) is 12.0 Å². The number of nitrogens with zero attached hydrogens (tertiary/aromatic N) is 4. The molecule has 0 saturated carbocycles. The van der Waals surface area contributed by atoms with E-state index in [1.54, 1.807) is 11.0 Å². The Bertz CT molecular complexity index is 704. The van der Waals surface area contributed by atoms with E-state index < -0.39 is 0 Å². The molecule has 1 aromatic heterocycles. The molecule has 1 aliphatic rings. The van der Waals surface area contributed by atoms with E-state index in [1.807, 2.05) is 12.1 Å². The van der Waals surface area contributed by atoms with Gasteiger partial charge in [-0.15, -0.1) is 0 Å². The molecule has 0 unspecified atom stereocenters. The zero-order valence-corrected chi connectivity index (χ0v) is 16.0. The largest absolute Gasteiger partial charge is 0.489 e. The molecular formula is C20H29N5O2. The van der Waals surface area contributed by atoms with Gasteiger partial charge in [-0.1, -0.05) is 31.5 Å². The number of nitrogens with one attached hydrogen (secondary N) is 1. The van der Waals surface area contributed by atoms with Crippen molar-refractivity contribution < 1.29 is 9.53 Å². The number of carbonyl (C=O) groups excluding carboxylic acids is 1. The lowest BCUT2D eigenvalue weighted by molar-refractivity contribution is -0.121. The SMILES string of the molecule is CCCC[C@@H]1CN(CCC(=O)NCCn2cncn2)Cc2ccccc2O1. The van der Waals surface area contributed by atoms with Crippen LogP contribution in [-0.2, 0) is 17.9 Å². The minimum absolute atomic E-state index is 0.0682. The van der Waals surface area contributed by atoms with Crippen LogP contribution in [0.3, 0.4) is 0 Å². The zero-order valence-electron chi connectivity index (χ0n) is 16.0. The molecule has 2 aromatic rings. The van der Waals surface area contributed by atoms with Gasteiger partial charge in [-0.25, -0.2) is 4.98 Å². The first-order chi connectivity index (χ1) is 13.2. The van der Waals surface area contributed by atoms with Crippen LogP contribution in [0, 0.1) is 0 Å². The minimum Gasteiger partial charge on any atom is -0.489 e. The van der Waals surface area contributed by atoms with Crippen molar-refractivity contribution >= 4 is 5.91 Å². The maximum Gasteiger partial charge on any atom is 0.221 e. The van der Waals surface area contributed by atoms with Gasteiger partial charge in [-0.2, -0.15) is 5.10 Å². The van der Waals surface area contributed by atoms with Crippen molar-refractivity contribution in [3.63, 3.8) is 0 Å². The van der Waals surface area contributed by atoms with Crippen molar-refractivity contribution in [2.45, 2.75) is 51.8 Å². The summed E-state index contributed by atoms with van der Waals surface area (Å²) in [6, 6.07) is 8.23. The Hall–Kier alpha value is -2.41. The first-order valence-electron chi connectivity index (χ1n) is 9.80. The Morgan fingerprint density at radius 1 is 1.33 bits per heavy atom. The molecule has 0 bridgehead atoms. The number of hydrogen-bond acceptors (Lipinski definition) is 5. The molecule has 1 aromatic carbocycles. The molecule has 2 heterocycles. The van der Waals surface area contributed by atoms with Gasteiger partial charge in [0.25, 0.3) is 0 Å². The number of amides is 1. The minimum atomic E-state index is 0.0682. The van der Waals surface area contributed by atoms with Crippen LogP contribution in [0.4, 0.5) is 0 Å². The summed E-state index contributed by atoms with van der Waals surface area (Å²) in [5.41, 5.74) is 1.20. The highest BCUT2D eigenvalue weighted by Gasteiger charge is 2.22. The summed E-state index contributed by atoms with van der Waals surface area (Å²) in [5.74, 6) is 1.05. The van der Waals surface area contributed by atoms with Gasteiger partial charge in [-0.3, -0.25) is 14.4 Å². The van der Waals surface area contributed by atoms with E-state index in [0.29, 0.717) is 19.5 Å². The number of rotatable bonds is 9. The third-order valence-corrected chi connectivity index (χ3v) is 4.79. The van der Waals surface area contributed by atoms with Crippen molar-refractivity contribution in [3.8, 4) is 5.75 Å². The maximum absolute atomic E-state index is 12.2.